The first kappa shape index (κ1) is 15.8. The molecule has 15 heavy (non-hydrogen) atoms. The second kappa shape index (κ2) is 5.40. The minimum Gasteiger partial charge on any atom is -0.851 e. The Bertz CT molecular complexity index is 244. The van der Waals surface area contributed by atoms with Crippen LogP contribution >= 0.6 is 0 Å². The van der Waals surface area contributed by atoms with Gasteiger partial charge < -0.3 is 19.7 Å². The van der Waals surface area contributed by atoms with Crippen molar-refractivity contribution < 1.29 is 57.4 Å². The van der Waals surface area contributed by atoms with Crippen LogP contribution in [0.15, 0.2) is 12.2 Å². The third-order valence-electron chi connectivity index (χ3n) is 2.30. The van der Waals surface area contributed by atoms with E-state index >= 15 is 0 Å². The maximum Gasteiger partial charge on any atom is 1.00 e. The van der Waals surface area contributed by atoms with Crippen molar-refractivity contribution in [2.45, 2.75) is 44.1 Å². The average Bonchev–Trinajstić information content (AvgIpc) is 2.34. The van der Waals surface area contributed by atoms with Gasteiger partial charge in [0.05, 0.1) is 6.10 Å². The van der Waals surface area contributed by atoms with E-state index in [1.807, 2.05) is 0 Å². The molecule has 1 fully saturated rings. The Balaban J connectivity index is 0.000000980. The van der Waals surface area contributed by atoms with Crippen LogP contribution in [0.2, 0.25) is 0 Å². The van der Waals surface area contributed by atoms with Crippen molar-refractivity contribution in [3.05, 3.63) is 12.2 Å². The Kier molecular flexibility index (Phi) is 5.68. The molecule has 0 bridgehead atoms. The van der Waals surface area contributed by atoms with Gasteiger partial charge >= 0.3 is 37.7 Å². The smallest absolute Gasteiger partial charge is 0.851 e. The van der Waals surface area contributed by atoms with Crippen LogP contribution in [0.1, 0.15) is 13.8 Å². The van der Waals surface area contributed by atoms with E-state index in [1.54, 1.807) is 19.9 Å². The van der Waals surface area contributed by atoms with Gasteiger partial charge in [0.15, 0.2) is 5.79 Å². The van der Waals surface area contributed by atoms with E-state index in [-0.39, 0.29) is 43.8 Å². The van der Waals surface area contributed by atoms with Crippen molar-refractivity contribution in [1.29, 1.82) is 0 Å². The molecule has 1 heterocycles. The second-order valence-electron chi connectivity index (χ2n) is 3.88. The molecule has 0 saturated carbocycles. The summed E-state index contributed by atoms with van der Waals surface area (Å²) >= 11 is 0. The maximum atomic E-state index is 11.4. The van der Waals surface area contributed by atoms with E-state index in [0.29, 0.717) is 0 Å². The third-order valence-corrected chi connectivity index (χ3v) is 2.30. The zero-order valence-electron chi connectivity index (χ0n) is 9.60. The van der Waals surface area contributed by atoms with Crippen LogP contribution in [0.25, 0.3) is 0 Å². The van der Waals surface area contributed by atoms with E-state index in [4.69, 9.17) is 9.47 Å². The van der Waals surface area contributed by atoms with Crippen LogP contribution in [-0.2, 0) is 9.47 Å². The number of hydrogen-bond acceptors (Lipinski definition) is 4. The normalized spacial score (nSPS) is 41.3. The van der Waals surface area contributed by atoms with Crippen LogP contribution in [-0.4, -0.2) is 30.2 Å². The predicted molar refractivity (Wildman–Crippen MR) is 40.5 cm³/mol. The summed E-state index contributed by atoms with van der Waals surface area (Å²) in [5.41, 5.74) is 0. The van der Waals surface area contributed by atoms with Crippen molar-refractivity contribution in [2.24, 2.45) is 0 Å². The molecule has 0 radical (unpaired) electrons. The Morgan fingerprint density at radius 1 is 1.07 bits per heavy atom. The first-order chi connectivity index (χ1) is 5.99. The van der Waals surface area contributed by atoms with Gasteiger partial charge in [-0.15, -0.1) is 18.3 Å². The molecule has 6 heteroatoms. The molecule has 0 spiro atoms. The predicted octanol–water partition coefficient (Wildman–Crippen LogP) is -7.46. The molecule has 0 aromatic rings. The third kappa shape index (κ3) is 3.13. The number of rotatable bonds is 0. The summed E-state index contributed by atoms with van der Waals surface area (Å²) in [4.78, 5) is 0. The molecule has 4 atom stereocenters. The summed E-state index contributed by atoms with van der Waals surface area (Å²) in [6.07, 6.45) is -0.435. The molecule has 4 nitrogen and oxygen atoms in total. The zero-order chi connectivity index (χ0) is 9.64. The van der Waals surface area contributed by atoms with Gasteiger partial charge in [0.2, 0.25) is 0 Å². The molecule has 1 saturated heterocycles. The second-order valence-corrected chi connectivity index (χ2v) is 3.88. The maximum absolute atomic E-state index is 11.4. The van der Waals surface area contributed by atoms with Gasteiger partial charge in [0.25, 0.3) is 0 Å². The van der Waals surface area contributed by atoms with Gasteiger partial charge in [-0.3, -0.25) is 0 Å². The van der Waals surface area contributed by atoms with Crippen LogP contribution in [0.5, 0.6) is 0 Å². The Hall–Kier alpha value is 0.775. The molecular weight excluding hydrogens is 186 g/mol. The molecule has 1 aliphatic heterocycles. The minimum atomic E-state index is -1.25. The molecular formula is C9H12Li2O4. The zero-order valence-corrected chi connectivity index (χ0v) is 9.60. The van der Waals surface area contributed by atoms with Gasteiger partial charge in [-0.25, -0.2) is 0 Å². The summed E-state index contributed by atoms with van der Waals surface area (Å²) in [5.74, 6) is -0.744. The average molecular weight is 198 g/mol. The van der Waals surface area contributed by atoms with Crippen molar-refractivity contribution in [1.82, 2.24) is 0 Å². The molecule has 74 valence electrons. The number of ether oxygens (including phenoxy) is 2. The van der Waals surface area contributed by atoms with E-state index in [9.17, 15) is 10.2 Å². The largest absolute Gasteiger partial charge is 1.00 e. The summed E-state index contributed by atoms with van der Waals surface area (Å²) in [6, 6.07) is 0. The SMILES string of the molecule is CC1(C)O[C@H]2[C@H]([O-])[C@H]([O-])C=C[C@H]2O1.[Li+].[Li+]. The standard InChI is InChI=1S/C9H12O4.2Li/c1-9(2)12-6-4-3-5(10)7(11)8(6)13-9;;/h3-8H,1-2H3;;/q-2;2*+1/t5-,6-,7-,8-;;/m1../s1. The topological polar surface area (TPSA) is 64.6 Å². The fraction of sp³-hybridized carbons (Fsp3) is 0.778. The van der Waals surface area contributed by atoms with Gasteiger partial charge in [-0.1, -0.05) is 6.08 Å². The monoisotopic (exact) mass is 198 g/mol. The first-order valence-electron chi connectivity index (χ1n) is 4.35. The van der Waals surface area contributed by atoms with Gasteiger partial charge in [0.1, 0.15) is 6.10 Å². The summed E-state index contributed by atoms with van der Waals surface area (Å²) < 4.78 is 10.8. The van der Waals surface area contributed by atoms with Crippen LogP contribution < -0.4 is 47.9 Å². The molecule has 0 amide bonds. The molecule has 2 rings (SSSR count). The van der Waals surface area contributed by atoms with Gasteiger partial charge in [-0.2, -0.15) is 0 Å². The fourth-order valence-corrected chi connectivity index (χ4v) is 1.74. The summed E-state index contributed by atoms with van der Waals surface area (Å²) in [6.45, 7) is 3.48. The fourth-order valence-electron chi connectivity index (χ4n) is 1.74. The Morgan fingerprint density at radius 2 is 1.67 bits per heavy atom. The molecule has 1 aliphatic carbocycles. The van der Waals surface area contributed by atoms with Gasteiger partial charge in [-0.05, 0) is 13.8 Å². The van der Waals surface area contributed by atoms with E-state index in [0.717, 1.165) is 0 Å². The molecule has 0 N–H and O–H groups in total. The van der Waals surface area contributed by atoms with Crippen molar-refractivity contribution in [2.75, 3.05) is 0 Å². The molecule has 0 aromatic carbocycles. The van der Waals surface area contributed by atoms with Crippen LogP contribution in [0.3, 0.4) is 0 Å². The van der Waals surface area contributed by atoms with Crippen molar-refractivity contribution >= 4 is 0 Å². The first-order valence-corrected chi connectivity index (χ1v) is 4.35. The number of hydrogen-bond donors (Lipinski definition) is 0. The molecule has 2 aliphatic rings. The number of fused-ring (bicyclic) bond motifs is 1. The summed E-state index contributed by atoms with van der Waals surface area (Å²) in [7, 11) is 0. The van der Waals surface area contributed by atoms with Crippen molar-refractivity contribution in [3.63, 3.8) is 0 Å². The van der Waals surface area contributed by atoms with E-state index in [1.165, 1.54) is 6.08 Å². The molecule has 0 unspecified atom stereocenters. The minimum absolute atomic E-state index is 0. The Labute approximate surface area is 113 Å². The van der Waals surface area contributed by atoms with Gasteiger partial charge in [0, 0.05) is 0 Å². The summed E-state index contributed by atoms with van der Waals surface area (Å²) in [5, 5.41) is 22.5. The van der Waals surface area contributed by atoms with E-state index < -0.39 is 24.1 Å². The van der Waals surface area contributed by atoms with Crippen LogP contribution in [0.4, 0.5) is 0 Å². The van der Waals surface area contributed by atoms with Crippen LogP contribution in [0, 0.1) is 0 Å². The van der Waals surface area contributed by atoms with E-state index in [2.05, 4.69) is 0 Å². The Morgan fingerprint density at radius 3 is 2.27 bits per heavy atom. The molecule has 0 aromatic heterocycles. The van der Waals surface area contributed by atoms with Crippen molar-refractivity contribution in [3.8, 4) is 0 Å². The quantitative estimate of drug-likeness (QED) is 0.286.